The maximum atomic E-state index is 12.1. The minimum atomic E-state index is -0.102. The summed E-state index contributed by atoms with van der Waals surface area (Å²) in [5.41, 5.74) is 7.29. The Labute approximate surface area is 211 Å². The van der Waals surface area contributed by atoms with Crippen molar-refractivity contribution in [1.29, 1.82) is 0 Å². The fourth-order valence-electron chi connectivity index (χ4n) is 4.29. The van der Waals surface area contributed by atoms with Crippen molar-refractivity contribution in [3.8, 4) is 33.1 Å². The molecule has 1 aromatic carbocycles. The third-order valence-electron chi connectivity index (χ3n) is 6.20. The molecule has 1 amide bonds. The van der Waals surface area contributed by atoms with E-state index in [4.69, 9.17) is 0 Å². The number of hydrogen-bond acceptors (Lipinski definition) is 5. The molecule has 6 rings (SSSR count). The number of anilines is 1. The van der Waals surface area contributed by atoms with Gasteiger partial charge in [-0.15, -0.1) is 11.3 Å². The van der Waals surface area contributed by atoms with Crippen LogP contribution in [0, 0.1) is 12.8 Å². The van der Waals surface area contributed by atoms with Gasteiger partial charge in [-0.3, -0.25) is 19.9 Å². The molecule has 0 fully saturated rings. The number of aromatic amines is 2. The molecule has 3 N–H and O–H groups in total. The second kappa shape index (κ2) is 8.73. The van der Waals surface area contributed by atoms with Gasteiger partial charge in [-0.25, -0.2) is 0 Å². The highest BCUT2D eigenvalue weighted by atomic mass is 32.1. The van der Waals surface area contributed by atoms with E-state index in [-0.39, 0.29) is 11.8 Å². The Balaban J connectivity index is 1.41. The van der Waals surface area contributed by atoms with Crippen LogP contribution >= 0.6 is 11.3 Å². The molecule has 5 aromatic heterocycles. The summed E-state index contributed by atoms with van der Waals surface area (Å²) in [5.74, 6) is -0.138. The summed E-state index contributed by atoms with van der Waals surface area (Å²) in [7, 11) is 0. The zero-order valence-corrected chi connectivity index (χ0v) is 20.9. The van der Waals surface area contributed by atoms with Crippen LogP contribution in [0.3, 0.4) is 0 Å². The molecule has 36 heavy (non-hydrogen) atoms. The number of aryl methyl sites for hydroxylation is 1. The Bertz CT molecular complexity index is 1740. The number of carbonyl (C=O) groups excluding carboxylic acids is 1. The molecule has 0 bridgehead atoms. The molecule has 8 heteroatoms. The van der Waals surface area contributed by atoms with Crippen LogP contribution in [0.1, 0.15) is 18.7 Å². The Morgan fingerprint density at radius 1 is 0.944 bits per heavy atom. The molecule has 0 unspecified atom stereocenters. The summed E-state index contributed by atoms with van der Waals surface area (Å²) < 4.78 is 0. The molecule has 178 valence electrons. The molecule has 0 spiro atoms. The highest BCUT2D eigenvalue weighted by Crippen LogP contribution is 2.36. The monoisotopic (exact) mass is 492 g/mol. The van der Waals surface area contributed by atoms with Crippen molar-refractivity contribution in [3.63, 3.8) is 0 Å². The molecule has 0 aliphatic carbocycles. The molecule has 0 aliphatic heterocycles. The second-order valence-corrected chi connectivity index (χ2v) is 10.4. The number of nitrogens with one attached hydrogen (secondary N) is 3. The van der Waals surface area contributed by atoms with Crippen LogP contribution in [0.15, 0.2) is 67.1 Å². The van der Waals surface area contributed by atoms with E-state index in [2.05, 4.69) is 61.7 Å². The number of aromatic nitrogens is 5. The van der Waals surface area contributed by atoms with Gasteiger partial charge >= 0.3 is 0 Å². The first kappa shape index (κ1) is 22.2. The van der Waals surface area contributed by atoms with Crippen molar-refractivity contribution in [1.82, 2.24) is 25.1 Å². The summed E-state index contributed by atoms with van der Waals surface area (Å²) in [4.78, 5) is 27.1. The number of pyridine rings is 2. The van der Waals surface area contributed by atoms with E-state index in [1.165, 1.54) is 4.88 Å². The quantitative estimate of drug-likeness (QED) is 0.246. The van der Waals surface area contributed by atoms with Crippen LogP contribution in [-0.4, -0.2) is 31.1 Å². The van der Waals surface area contributed by atoms with Gasteiger partial charge in [0.05, 0.1) is 33.7 Å². The molecular formula is C28H24N6OS. The molecular weight excluding hydrogens is 468 g/mol. The lowest BCUT2D eigenvalue weighted by atomic mass is 10.0. The van der Waals surface area contributed by atoms with Crippen molar-refractivity contribution >= 4 is 44.7 Å². The normalized spacial score (nSPS) is 11.6. The lowest BCUT2D eigenvalue weighted by molar-refractivity contribution is -0.118. The third kappa shape index (κ3) is 3.95. The molecule has 0 saturated heterocycles. The van der Waals surface area contributed by atoms with Crippen LogP contribution in [0.25, 0.3) is 54.9 Å². The van der Waals surface area contributed by atoms with Crippen LogP contribution in [0.4, 0.5) is 5.69 Å². The van der Waals surface area contributed by atoms with E-state index in [0.29, 0.717) is 5.69 Å². The number of H-pyrrole nitrogens is 2. The van der Waals surface area contributed by atoms with Gasteiger partial charge in [0.15, 0.2) is 0 Å². The predicted molar refractivity (Wildman–Crippen MR) is 146 cm³/mol. The summed E-state index contributed by atoms with van der Waals surface area (Å²) in [6, 6.07) is 16.5. The minimum Gasteiger partial charge on any atom is -0.353 e. The van der Waals surface area contributed by atoms with Crippen LogP contribution in [0.5, 0.6) is 0 Å². The summed E-state index contributed by atoms with van der Waals surface area (Å²) in [6.45, 7) is 5.84. The Kier molecular flexibility index (Phi) is 5.38. The van der Waals surface area contributed by atoms with E-state index in [1.54, 1.807) is 23.7 Å². The number of fused-ring (bicyclic) bond motifs is 2. The number of amides is 1. The number of benzene rings is 1. The lowest BCUT2D eigenvalue weighted by Gasteiger charge is -2.09. The van der Waals surface area contributed by atoms with Crippen molar-refractivity contribution in [3.05, 3.63) is 72.0 Å². The highest BCUT2D eigenvalue weighted by Gasteiger charge is 2.16. The smallest absolute Gasteiger partial charge is 0.226 e. The van der Waals surface area contributed by atoms with Gasteiger partial charge in [0.2, 0.25) is 5.91 Å². The number of carbonyl (C=O) groups is 1. The first-order valence-electron chi connectivity index (χ1n) is 11.8. The Hall–Kier alpha value is -4.30. The summed E-state index contributed by atoms with van der Waals surface area (Å²) >= 11 is 1.74. The molecule has 0 aliphatic rings. The first-order valence-corrected chi connectivity index (χ1v) is 12.6. The van der Waals surface area contributed by atoms with E-state index >= 15 is 0 Å². The van der Waals surface area contributed by atoms with E-state index in [9.17, 15) is 4.79 Å². The topological polar surface area (TPSA) is 99.3 Å². The first-order chi connectivity index (χ1) is 17.5. The van der Waals surface area contributed by atoms with Gasteiger partial charge in [0, 0.05) is 45.0 Å². The van der Waals surface area contributed by atoms with Crippen molar-refractivity contribution in [2.24, 2.45) is 5.92 Å². The molecule has 7 nitrogen and oxygen atoms in total. The Morgan fingerprint density at radius 3 is 2.61 bits per heavy atom. The second-order valence-electron chi connectivity index (χ2n) is 9.15. The van der Waals surface area contributed by atoms with Crippen molar-refractivity contribution in [2.45, 2.75) is 20.8 Å². The molecule has 0 atom stereocenters. The van der Waals surface area contributed by atoms with Gasteiger partial charge in [-0.05, 0) is 55.0 Å². The molecule has 6 aromatic rings. The number of thiophene rings is 1. The number of hydrogen-bond donors (Lipinski definition) is 3. The van der Waals surface area contributed by atoms with Gasteiger partial charge in [0.1, 0.15) is 5.69 Å². The standard InChI is InChI=1S/C28H24N6OS/c1-15(2)28(35)31-19-10-18(13-29-14-19)17-5-6-23-20(11-17)26(34-33-23)24-12-21-22(32-24)8-9-30-27(21)25-7-4-16(3)36-25/h4-15,32H,1-3H3,(H,31,35)(H,33,34). The summed E-state index contributed by atoms with van der Waals surface area (Å²) in [6.07, 6.45) is 5.30. The molecule has 0 radical (unpaired) electrons. The minimum absolute atomic E-state index is 0.0353. The maximum absolute atomic E-state index is 12.1. The van der Waals surface area contributed by atoms with Crippen molar-refractivity contribution in [2.75, 3.05) is 5.32 Å². The average Bonchev–Trinajstić information content (AvgIpc) is 3.61. The van der Waals surface area contributed by atoms with Crippen LogP contribution < -0.4 is 5.32 Å². The summed E-state index contributed by atoms with van der Waals surface area (Å²) in [5, 5.41) is 12.8. The average molecular weight is 493 g/mol. The highest BCUT2D eigenvalue weighted by molar-refractivity contribution is 7.15. The fraction of sp³-hybridized carbons (Fsp3) is 0.143. The fourth-order valence-corrected chi connectivity index (χ4v) is 5.17. The van der Waals surface area contributed by atoms with E-state index in [0.717, 1.165) is 54.9 Å². The third-order valence-corrected chi connectivity index (χ3v) is 7.21. The SMILES string of the molecule is Cc1ccc(-c2nccc3[nH]c(-c4n[nH]c5ccc(-c6cncc(NC(=O)C(C)C)c6)cc45)cc23)s1. The Morgan fingerprint density at radius 2 is 1.81 bits per heavy atom. The van der Waals surface area contributed by atoms with Gasteiger partial charge in [-0.1, -0.05) is 19.9 Å². The van der Waals surface area contributed by atoms with Gasteiger partial charge in [-0.2, -0.15) is 5.10 Å². The molecule has 0 saturated carbocycles. The zero-order valence-electron chi connectivity index (χ0n) is 20.1. The van der Waals surface area contributed by atoms with Crippen molar-refractivity contribution < 1.29 is 4.79 Å². The zero-order chi connectivity index (χ0) is 24.8. The lowest BCUT2D eigenvalue weighted by Crippen LogP contribution is -2.17. The largest absolute Gasteiger partial charge is 0.353 e. The van der Waals surface area contributed by atoms with E-state index < -0.39 is 0 Å². The van der Waals surface area contributed by atoms with Crippen LogP contribution in [0.2, 0.25) is 0 Å². The maximum Gasteiger partial charge on any atom is 0.226 e. The van der Waals surface area contributed by atoms with E-state index in [1.807, 2.05) is 44.3 Å². The molecule has 5 heterocycles. The van der Waals surface area contributed by atoms with Gasteiger partial charge in [0.25, 0.3) is 0 Å². The predicted octanol–water partition coefficient (Wildman–Crippen LogP) is 6.80. The van der Waals surface area contributed by atoms with Crippen LogP contribution in [-0.2, 0) is 4.79 Å². The number of rotatable bonds is 5. The number of nitrogens with zero attached hydrogens (tertiary/aromatic N) is 3. The van der Waals surface area contributed by atoms with Gasteiger partial charge < -0.3 is 10.3 Å².